The SMILES string of the molecule is CC1CN(C[C@@H]2CN[C@@H](Cc3ccc(Cl)cc3)CO2)C1. The van der Waals surface area contributed by atoms with Crippen molar-refractivity contribution in [2.75, 3.05) is 32.8 Å². The molecule has 0 aliphatic carbocycles. The number of nitrogens with zero attached hydrogens (tertiary/aromatic N) is 1. The Kier molecular flexibility index (Phi) is 4.61. The third kappa shape index (κ3) is 3.73. The van der Waals surface area contributed by atoms with Crippen molar-refractivity contribution in [3.05, 3.63) is 34.9 Å². The van der Waals surface area contributed by atoms with Crippen molar-refractivity contribution in [3.8, 4) is 0 Å². The molecule has 2 aliphatic heterocycles. The molecule has 0 saturated carbocycles. The van der Waals surface area contributed by atoms with Gasteiger partial charge in [0.05, 0.1) is 12.7 Å². The number of ether oxygens (including phenoxy) is 1. The zero-order valence-electron chi connectivity index (χ0n) is 12.0. The molecule has 0 unspecified atom stereocenters. The highest BCUT2D eigenvalue weighted by Gasteiger charge is 2.28. The lowest BCUT2D eigenvalue weighted by Gasteiger charge is -2.41. The Bertz CT molecular complexity index is 423. The minimum atomic E-state index is 0.351. The first-order valence-corrected chi connectivity index (χ1v) is 7.88. The van der Waals surface area contributed by atoms with Gasteiger partial charge in [-0.25, -0.2) is 0 Å². The van der Waals surface area contributed by atoms with Crippen LogP contribution in [0.25, 0.3) is 0 Å². The molecule has 4 heteroatoms. The maximum atomic E-state index is 6.00. The Balaban J connectivity index is 1.40. The Labute approximate surface area is 126 Å². The van der Waals surface area contributed by atoms with Crippen molar-refractivity contribution in [1.82, 2.24) is 10.2 Å². The van der Waals surface area contributed by atoms with E-state index in [1.165, 1.54) is 18.7 Å². The van der Waals surface area contributed by atoms with Crippen LogP contribution in [0, 0.1) is 5.92 Å². The van der Waals surface area contributed by atoms with Crippen LogP contribution in [0.1, 0.15) is 12.5 Å². The lowest BCUT2D eigenvalue weighted by atomic mass is 10.0. The van der Waals surface area contributed by atoms with Crippen LogP contribution in [-0.2, 0) is 11.2 Å². The zero-order valence-corrected chi connectivity index (χ0v) is 12.8. The molecular weight excluding hydrogens is 272 g/mol. The first-order chi connectivity index (χ1) is 9.69. The fourth-order valence-electron chi connectivity index (χ4n) is 3.09. The summed E-state index contributed by atoms with van der Waals surface area (Å²) in [6.45, 7) is 7.60. The summed E-state index contributed by atoms with van der Waals surface area (Å²) in [5.74, 6) is 0.865. The van der Waals surface area contributed by atoms with E-state index >= 15 is 0 Å². The van der Waals surface area contributed by atoms with E-state index in [-0.39, 0.29) is 0 Å². The standard InChI is InChI=1S/C16H23ClN2O/c1-12-8-19(9-12)10-16-7-18-15(11-20-16)6-13-2-4-14(17)5-3-13/h2-5,12,15-16,18H,6-11H2,1H3/t15-,16-/m0/s1. The van der Waals surface area contributed by atoms with Crippen LogP contribution in [0.5, 0.6) is 0 Å². The molecule has 2 aliphatic rings. The van der Waals surface area contributed by atoms with Gasteiger partial charge in [0.1, 0.15) is 0 Å². The Morgan fingerprint density at radius 3 is 2.65 bits per heavy atom. The van der Waals surface area contributed by atoms with Gasteiger partial charge >= 0.3 is 0 Å². The Morgan fingerprint density at radius 2 is 2.05 bits per heavy atom. The molecule has 1 aromatic rings. The number of halogens is 1. The van der Waals surface area contributed by atoms with Crippen molar-refractivity contribution >= 4 is 11.6 Å². The number of hydrogen-bond donors (Lipinski definition) is 1. The van der Waals surface area contributed by atoms with E-state index in [0.717, 1.165) is 37.1 Å². The molecule has 20 heavy (non-hydrogen) atoms. The van der Waals surface area contributed by atoms with Crippen molar-refractivity contribution in [3.63, 3.8) is 0 Å². The van der Waals surface area contributed by atoms with Gasteiger partial charge in [-0.3, -0.25) is 0 Å². The summed E-state index contributed by atoms with van der Waals surface area (Å²) >= 11 is 5.91. The maximum absolute atomic E-state index is 6.00. The van der Waals surface area contributed by atoms with Gasteiger partial charge in [0.2, 0.25) is 0 Å². The first kappa shape index (κ1) is 14.3. The Hall–Kier alpha value is -0.610. The van der Waals surface area contributed by atoms with E-state index in [0.29, 0.717) is 12.1 Å². The fraction of sp³-hybridized carbons (Fsp3) is 0.625. The van der Waals surface area contributed by atoms with Crippen molar-refractivity contribution < 1.29 is 4.74 Å². The second kappa shape index (κ2) is 6.44. The Morgan fingerprint density at radius 1 is 1.30 bits per heavy atom. The van der Waals surface area contributed by atoms with Gasteiger partial charge in [-0.2, -0.15) is 0 Å². The lowest BCUT2D eigenvalue weighted by molar-refractivity contribution is -0.0335. The molecule has 2 fully saturated rings. The molecule has 0 spiro atoms. The maximum Gasteiger partial charge on any atom is 0.0826 e. The molecule has 3 nitrogen and oxygen atoms in total. The summed E-state index contributed by atoms with van der Waals surface area (Å²) in [5, 5.41) is 4.41. The molecule has 0 radical (unpaired) electrons. The molecule has 0 bridgehead atoms. The second-order valence-corrected chi connectivity index (χ2v) is 6.65. The van der Waals surface area contributed by atoms with Gasteiger partial charge in [0, 0.05) is 37.2 Å². The molecule has 2 atom stereocenters. The quantitative estimate of drug-likeness (QED) is 0.921. The average Bonchev–Trinajstić information content (AvgIpc) is 2.42. The van der Waals surface area contributed by atoms with Gasteiger partial charge in [-0.15, -0.1) is 0 Å². The van der Waals surface area contributed by atoms with E-state index in [1.807, 2.05) is 12.1 Å². The largest absolute Gasteiger partial charge is 0.374 e. The van der Waals surface area contributed by atoms with E-state index in [2.05, 4.69) is 29.3 Å². The smallest absolute Gasteiger partial charge is 0.0826 e. The highest BCUT2D eigenvalue weighted by molar-refractivity contribution is 6.30. The monoisotopic (exact) mass is 294 g/mol. The molecular formula is C16H23ClN2O. The van der Waals surface area contributed by atoms with Crippen LogP contribution in [0.15, 0.2) is 24.3 Å². The van der Waals surface area contributed by atoms with Crippen LogP contribution in [-0.4, -0.2) is 49.8 Å². The second-order valence-electron chi connectivity index (χ2n) is 6.21. The number of rotatable bonds is 4. The van der Waals surface area contributed by atoms with Crippen LogP contribution in [0.3, 0.4) is 0 Å². The molecule has 0 aromatic heterocycles. The van der Waals surface area contributed by atoms with Gasteiger partial charge in [0.15, 0.2) is 0 Å². The average molecular weight is 295 g/mol. The molecule has 2 saturated heterocycles. The fourth-order valence-corrected chi connectivity index (χ4v) is 3.21. The number of likely N-dealkylation sites (tertiary alicyclic amines) is 1. The molecule has 1 N–H and O–H groups in total. The minimum absolute atomic E-state index is 0.351. The molecule has 1 aromatic carbocycles. The summed E-state index contributed by atoms with van der Waals surface area (Å²) in [7, 11) is 0. The van der Waals surface area contributed by atoms with Crippen LogP contribution >= 0.6 is 11.6 Å². The van der Waals surface area contributed by atoms with Crippen LogP contribution in [0.4, 0.5) is 0 Å². The van der Waals surface area contributed by atoms with Crippen molar-refractivity contribution in [2.24, 2.45) is 5.92 Å². The van der Waals surface area contributed by atoms with Crippen molar-refractivity contribution in [1.29, 1.82) is 0 Å². The van der Waals surface area contributed by atoms with Crippen LogP contribution in [0.2, 0.25) is 5.02 Å². The normalized spacial score (nSPS) is 28.3. The highest BCUT2D eigenvalue weighted by atomic mass is 35.5. The first-order valence-electron chi connectivity index (χ1n) is 7.51. The van der Waals surface area contributed by atoms with Gasteiger partial charge in [-0.05, 0) is 30.0 Å². The van der Waals surface area contributed by atoms with Gasteiger partial charge in [-0.1, -0.05) is 30.7 Å². The van der Waals surface area contributed by atoms with E-state index < -0.39 is 0 Å². The van der Waals surface area contributed by atoms with Crippen molar-refractivity contribution in [2.45, 2.75) is 25.5 Å². The third-order valence-electron chi connectivity index (χ3n) is 4.16. The molecule has 110 valence electrons. The zero-order chi connectivity index (χ0) is 13.9. The molecule has 2 heterocycles. The third-order valence-corrected chi connectivity index (χ3v) is 4.42. The molecule has 0 amide bonds. The summed E-state index contributed by atoms with van der Waals surface area (Å²) in [4.78, 5) is 2.48. The van der Waals surface area contributed by atoms with E-state index in [1.54, 1.807) is 0 Å². The number of morpholine rings is 1. The topological polar surface area (TPSA) is 24.5 Å². The minimum Gasteiger partial charge on any atom is -0.374 e. The van der Waals surface area contributed by atoms with Crippen LogP contribution < -0.4 is 5.32 Å². The lowest BCUT2D eigenvalue weighted by Crippen LogP contribution is -2.55. The summed E-state index contributed by atoms with van der Waals surface area (Å²) < 4.78 is 6.00. The number of hydrogen-bond acceptors (Lipinski definition) is 3. The van der Waals surface area contributed by atoms with Gasteiger partial charge in [0.25, 0.3) is 0 Å². The number of benzene rings is 1. The predicted octanol–water partition coefficient (Wildman–Crippen LogP) is 2.19. The van der Waals surface area contributed by atoms with Gasteiger partial charge < -0.3 is 15.0 Å². The summed E-state index contributed by atoms with van der Waals surface area (Å²) in [6.07, 6.45) is 1.36. The molecule has 3 rings (SSSR count). The number of nitrogens with one attached hydrogen (secondary N) is 1. The highest BCUT2D eigenvalue weighted by Crippen LogP contribution is 2.17. The summed E-state index contributed by atoms with van der Waals surface area (Å²) in [5.41, 5.74) is 1.31. The van der Waals surface area contributed by atoms with E-state index in [9.17, 15) is 0 Å². The van der Waals surface area contributed by atoms with E-state index in [4.69, 9.17) is 16.3 Å². The summed E-state index contributed by atoms with van der Waals surface area (Å²) in [6, 6.07) is 8.51. The predicted molar refractivity (Wildman–Crippen MR) is 82.3 cm³/mol.